The molecule has 3 heterocycles. The minimum Gasteiger partial charge on any atom is -0.337 e. The topological polar surface area (TPSA) is 84.3 Å². The number of aromatic nitrogens is 2. The van der Waals surface area contributed by atoms with Crippen molar-refractivity contribution in [1.29, 1.82) is 0 Å². The molecule has 1 aliphatic heterocycles. The Morgan fingerprint density at radius 3 is 2.60 bits per heavy atom. The molecule has 0 saturated heterocycles. The molecule has 1 N–H and O–H groups in total. The molecule has 0 aliphatic carbocycles. The number of nitrogens with zero attached hydrogens (tertiary/aromatic N) is 3. The second-order valence-corrected chi connectivity index (χ2v) is 10.4. The Kier molecular flexibility index (Phi) is 6.44. The molecule has 2 aromatic carbocycles. The SMILES string of the molecule is CC(=O)N1CCc2c(sc3nc(SCC(=O)Nc4ccccc4C)n(-c4ccccc4)c(=O)c23)C1. The van der Waals surface area contributed by atoms with Crippen LogP contribution in [0, 0.1) is 6.92 Å². The van der Waals surface area contributed by atoms with Gasteiger partial charge in [0.1, 0.15) is 4.83 Å². The van der Waals surface area contributed by atoms with E-state index in [0.29, 0.717) is 40.6 Å². The Hall–Kier alpha value is -3.43. The summed E-state index contributed by atoms with van der Waals surface area (Å²) in [5, 5.41) is 4.02. The van der Waals surface area contributed by atoms with Crippen molar-refractivity contribution >= 4 is 50.8 Å². The first kappa shape index (κ1) is 23.3. The minimum atomic E-state index is -0.166. The first-order chi connectivity index (χ1) is 16.9. The number of thioether (sulfide) groups is 1. The molecule has 5 rings (SSSR count). The standard InChI is InChI=1S/C26H24N4O3S2/c1-16-8-6-7-11-20(16)27-22(32)15-34-26-28-24-23(25(33)30(26)18-9-4-3-5-10-18)19-12-13-29(17(2)31)14-21(19)35-24/h3-11H,12-15H2,1-2H3,(H,27,32). The van der Waals surface area contributed by atoms with Crippen molar-refractivity contribution < 1.29 is 9.59 Å². The predicted octanol–water partition coefficient (Wildman–Crippen LogP) is 4.39. The molecule has 0 bridgehead atoms. The lowest BCUT2D eigenvalue weighted by atomic mass is 10.1. The zero-order chi connectivity index (χ0) is 24.5. The van der Waals surface area contributed by atoms with Crippen molar-refractivity contribution in [3.63, 3.8) is 0 Å². The molecule has 2 aromatic heterocycles. The van der Waals surface area contributed by atoms with Crippen LogP contribution >= 0.6 is 23.1 Å². The molecule has 0 spiro atoms. The number of carbonyl (C=O) groups is 2. The van der Waals surface area contributed by atoms with Crippen LogP contribution in [0.25, 0.3) is 15.9 Å². The minimum absolute atomic E-state index is 0.0265. The van der Waals surface area contributed by atoms with Gasteiger partial charge in [-0.25, -0.2) is 4.98 Å². The fourth-order valence-electron chi connectivity index (χ4n) is 4.22. The number of carbonyl (C=O) groups excluding carboxylic acids is 2. The highest BCUT2D eigenvalue weighted by Crippen LogP contribution is 2.34. The number of fused-ring (bicyclic) bond motifs is 3. The Bertz CT molecular complexity index is 1490. The molecule has 0 saturated carbocycles. The summed E-state index contributed by atoms with van der Waals surface area (Å²) in [6.07, 6.45) is 0.631. The van der Waals surface area contributed by atoms with E-state index in [2.05, 4.69) is 5.32 Å². The maximum atomic E-state index is 13.8. The van der Waals surface area contributed by atoms with Crippen LogP contribution in [-0.4, -0.2) is 38.6 Å². The van der Waals surface area contributed by atoms with Crippen molar-refractivity contribution in [2.75, 3.05) is 17.6 Å². The van der Waals surface area contributed by atoms with Crippen LogP contribution in [0.3, 0.4) is 0 Å². The van der Waals surface area contributed by atoms with E-state index >= 15 is 0 Å². The van der Waals surface area contributed by atoms with Gasteiger partial charge >= 0.3 is 0 Å². The van der Waals surface area contributed by atoms with Crippen LogP contribution in [0.5, 0.6) is 0 Å². The van der Waals surface area contributed by atoms with Gasteiger partial charge in [-0.05, 0) is 42.7 Å². The summed E-state index contributed by atoms with van der Waals surface area (Å²) in [5.74, 6) is -0.0259. The monoisotopic (exact) mass is 504 g/mol. The van der Waals surface area contributed by atoms with E-state index in [1.54, 1.807) is 16.4 Å². The van der Waals surface area contributed by atoms with Crippen LogP contribution in [0.1, 0.15) is 22.9 Å². The zero-order valence-electron chi connectivity index (χ0n) is 19.4. The van der Waals surface area contributed by atoms with E-state index in [0.717, 1.165) is 21.7 Å². The third-order valence-corrected chi connectivity index (χ3v) is 8.10. The van der Waals surface area contributed by atoms with Crippen LogP contribution in [-0.2, 0) is 22.6 Å². The molecule has 0 fully saturated rings. The van der Waals surface area contributed by atoms with E-state index in [-0.39, 0.29) is 23.1 Å². The molecule has 7 nitrogen and oxygen atoms in total. The van der Waals surface area contributed by atoms with Gasteiger partial charge in [-0.15, -0.1) is 11.3 Å². The highest BCUT2D eigenvalue weighted by molar-refractivity contribution is 7.99. The number of anilines is 1. The van der Waals surface area contributed by atoms with Gasteiger partial charge in [0.2, 0.25) is 11.8 Å². The number of benzene rings is 2. The van der Waals surface area contributed by atoms with Crippen LogP contribution in [0.15, 0.2) is 64.5 Å². The number of aryl methyl sites for hydroxylation is 1. The number of thiophene rings is 1. The summed E-state index contributed by atoms with van der Waals surface area (Å²) in [6.45, 7) is 4.60. The zero-order valence-corrected chi connectivity index (χ0v) is 21.0. The van der Waals surface area contributed by atoms with E-state index in [1.165, 1.54) is 23.1 Å². The summed E-state index contributed by atoms with van der Waals surface area (Å²) in [5.41, 5.74) is 3.29. The Morgan fingerprint density at radius 1 is 1.11 bits per heavy atom. The summed E-state index contributed by atoms with van der Waals surface area (Å²) in [4.78, 5) is 46.7. The second-order valence-electron chi connectivity index (χ2n) is 8.40. The lowest BCUT2D eigenvalue weighted by Crippen LogP contribution is -2.34. The number of amides is 2. The highest BCUT2D eigenvalue weighted by Gasteiger charge is 2.26. The van der Waals surface area contributed by atoms with Crippen LogP contribution in [0.2, 0.25) is 0 Å². The van der Waals surface area contributed by atoms with Crippen LogP contribution in [0.4, 0.5) is 5.69 Å². The number of hydrogen-bond donors (Lipinski definition) is 1. The molecular formula is C26H24N4O3S2. The van der Waals surface area contributed by atoms with Gasteiger partial charge in [0.15, 0.2) is 5.16 Å². The molecule has 35 heavy (non-hydrogen) atoms. The van der Waals surface area contributed by atoms with Crippen molar-refractivity contribution in [1.82, 2.24) is 14.5 Å². The quantitative estimate of drug-likeness (QED) is 0.322. The number of para-hydroxylation sites is 2. The predicted molar refractivity (Wildman–Crippen MR) is 141 cm³/mol. The van der Waals surface area contributed by atoms with Gasteiger partial charge < -0.3 is 10.2 Å². The van der Waals surface area contributed by atoms with E-state index in [9.17, 15) is 14.4 Å². The van der Waals surface area contributed by atoms with Crippen molar-refractivity contribution in [2.45, 2.75) is 32.0 Å². The van der Waals surface area contributed by atoms with E-state index < -0.39 is 0 Å². The lowest BCUT2D eigenvalue weighted by Gasteiger charge is -2.25. The van der Waals surface area contributed by atoms with Gasteiger partial charge in [0, 0.05) is 24.0 Å². The molecule has 2 amide bonds. The van der Waals surface area contributed by atoms with E-state index in [1.807, 2.05) is 61.5 Å². The van der Waals surface area contributed by atoms with Crippen molar-refractivity contribution in [2.24, 2.45) is 0 Å². The van der Waals surface area contributed by atoms with Crippen molar-refractivity contribution in [3.8, 4) is 5.69 Å². The lowest BCUT2D eigenvalue weighted by molar-refractivity contribution is -0.129. The fourth-order valence-corrected chi connectivity index (χ4v) is 6.31. The van der Waals surface area contributed by atoms with Gasteiger partial charge in [0.05, 0.1) is 23.4 Å². The Morgan fingerprint density at radius 2 is 1.86 bits per heavy atom. The maximum Gasteiger partial charge on any atom is 0.267 e. The number of rotatable bonds is 5. The van der Waals surface area contributed by atoms with Crippen molar-refractivity contribution in [3.05, 3.63) is 81.0 Å². The van der Waals surface area contributed by atoms with Gasteiger partial charge in [0.25, 0.3) is 5.56 Å². The second kappa shape index (κ2) is 9.67. The Balaban J connectivity index is 1.52. The smallest absolute Gasteiger partial charge is 0.267 e. The molecule has 0 radical (unpaired) electrons. The van der Waals surface area contributed by atoms with Gasteiger partial charge in [-0.3, -0.25) is 19.0 Å². The van der Waals surface area contributed by atoms with Gasteiger partial charge in [-0.1, -0.05) is 48.2 Å². The molecule has 178 valence electrons. The molecular weight excluding hydrogens is 480 g/mol. The summed E-state index contributed by atoms with van der Waals surface area (Å²) >= 11 is 2.70. The third kappa shape index (κ3) is 4.61. The molecule has 0 unspecified atom stereocenters. The molecule has 9 heteroatoms. The van der Waals surface area contributed by atoms with E-state index in [4.69, 9.17) is 4.98 Å². The van der Waals surface area contributed by atoms with Crippen LogP contribution < -0.4 is 10.9 Å². The number of hydrogen-bond acceptors (Lipinski definition) is 6. The average Bonchev–Trinajstić information content (AvgIpc) is 3.22. The summed E-state index contributed by atoms with van der Waals surface area (Å²) < 4.78 is 1.60. The normalized spacial score (nSPS) is 13.0. The highest BCUT2D eigenvalue weighted by atomic mass is 32.2. The molecule has 0 atom stereocenters. The maximum absolute atomic E-state index is 13.8. The number of nitrogens with one attached hydrogen (secondary N) is 1. The summed E-state index contributed by atoms with van der Waals surface area (Å²) in [7, 11) is 0. The summed E-state index contributed by atoms with van der Waals surface area (Å²) in [6, 6.07) is 17.0. The van der Waals surface area contributed by atoms with Gasteiger partial charge in [-0.2, -0.15) is 0 Å². The Labute approximate surface area is 210 Å². The first-order valence-electron chi connectivity index (χ1n) is 11.3. The molecule has 4 aromatic rings. The fraction of sp³-hybridized carbons (Fsp3) is 0.231. The first-order valence-corrected chi connectivity index (χ1v) is 13.1. The largest absolute Gasteiger partial charge is 0.337 e. The molecule has 1 aliphatic rings. The average molecular weight is 505 g/mol. The third-order valence-electron chi connectivity index (χ3n) is 6.05.